The first-order valence-electron chi connectivity index (χ1n) is 5.37. The lowest BCUT2D eigenvalue weighted by molar-refractivity contribution is 0.136. The zero-order valence-electron chi connectivity index (χ0n) is 9.89. The van der Waals surface area contributed by atoms with Crippen LogP contribution in [0.4, 0.5) is 0 Å². The Labute approximate surface area is 92.5 Å². The molecule has 0 atom stereocenters. The SMILES string of the molecule is CC(C)CN.OCCN(CCO)CCO. The topological polar surface area (TPSA) is 90.0 Å². The van der Waals surface area contributed by atoms with Gasteiger partial charge in [0, 0.05) is 19.6 Å². The minimum absolute atomic E-state index is 0.0694. The van der Waals surface area contributed by atoms with Gasteiger partial charge in [-0.05, 0) is 12.5 Å². The zero-order chi connectivity index (χ0) is 12.1. The van der Waals surface area contributed by atoms with Gasteiger partial charge in [-0.25, -0.2) is 0 Å². The standard InChI is InChI=1S/C6H15NO3.C4H11N/c8-4-1-7(2-5-9)3-6-10;1-4(2)3-5/h8-10H,1-6H2;4H,3,5H2,1-2H3. The monoisotopic (exact) mass is 222 g/mol. The summed E-state index contributed by atoms with van der Waals surface area (Å²) in [5, 5.41) is 25.5. The van der Waals surface area contributed by atoms with E-state index in [0.717, 1.165) is 6.54 Å². The highest BCUT2D eigenvalue weighted by Gasteiger charge is 2.00. The van der Waals surface area contributed by atoms with Crippen molar-refractivity contribution in [3.8, 4) is 0 Å². The molecule has 15 heavy (non-hydrogen) atoms. The molecular weight excluding hydrogens is 196 g/mol. The summed E-state index contributed by atoms with van der Waals surface area (Å²) in [6.45, 7) is 6.75. The molecule has 0 aliphatic carbocycles. The normalized spacial score (nSPS) is 10.4. The third kappa shape index (κ3) is 16.5. The number of rotatable bonds is 7. The molecule has 0 unspecified atom stereocenters. The third-order valence-corrected chi connectivity index (χ3v) is 1.72. The molecule has 0 heterocycles. The van der Waals surface area contributed by atoms with Crippen molar-refractivity contribution in [3.63, 3.8) is 0 Å². The van der Waals surface area contributed by atoms with Gasteiger partial charge in [0.1, 0.15) is 0 Å². The van der Waals surface area contributed by atoms with Crippen LogP contribution in [0.5, 0.6) is 0 Å². The first-order valence-corrected chi connectivity index (χ1v) is 5.37. The molecule has 0 saturated carbocycles. The van der Waals surface area contributed by atoms with E-state index in [0.29, 0.717) is 25.6 Å². The zero-order valence-corrected chi connectivity index (χ0v) is 9.89. The first-order chi connectivity index (χ1) is 7.12. The Morgan fingerprint density at radius 2 is 1.20 bits per heavy atom. The van der Waals surface area contributed by atoms with Gasteiger partial charge in [-0.2, -0.15) is 0 Å². The molecule has 0 aromatic rings. The lowest BCUT2D eigenvalue weighted by atomic mass is 10.2. The summed E-state index contributed by atoms with van der Waals surface area (Å²) in [6, 6.07) is 0. The van der Waals surface area contributed by atoms with Crippen LogP contribution >= 0.6 is 0 Å². The Morgan fingerprint density at radius 1 is 0.933 bits per heavy atom. The van der Waals surface area contributed by atoms with Crippen molar-refractivity contribution < 1.29 is 15.3 Å². The van der Waals surface area contributed by atoms with Crippen LogP contribution in [0.2, 0.25) is 0 Å². The Hall–Kier alpha value is -0.200. The molecule has 0 rings (SSSR count). The smallest absolute Gasteiger partial charge is 0.0558 e. The molecule has 0 saturated heterocycles. The van der Waals surface area contributed by atoms with Gasteiger partial charge in [0.2, 0.25) is 0 Å². The van der Waals surface area contributed by atoms with Gasteiger partial charge in [0.25, 0.3) is 0 Å². The van der Waals surface area contributed by atoms with Crippen molar-refractivity contribution in [1.29, 1.82) is 0 Å². The second-order valence-electron chi connectivity index (χ2n) is 3.64. The third-order valence-electron chi connectivity index (χ3n) is 1.72. The molecule has 0 aromatic heterocycles. The van der Waals surface area contributed by atoms with E-state index in [1.807, 2.05) is 0 Å². The summed E-state index contributed by atoms with van der Waals surface area (Å²) in [4.78, 5) is 1.79. The average molecular weight is 222 g/mol. The predicted molar refractivity (Wildman–Crippen MR) is 61.6 cm³/mol. The molecule has 5 heteroatoms. The maximum atomic E-state index is 8.48. The summed E-state index contributed by atoms with van der Waals surface area (Å²) in [5.41, 5.74) is 5.17. The van der Waals surface area contributed by atoms with E-state index in [1.54, 1.807) is 4.90 Å². The van der Waals surface area contributed by atoms with Crippen LogP contribution in [0.3, 0.4) is 0 Å². The van der Waals surface area contributed by atoms with E-state index >= 15 is 0 Å². The van der Waals surface area contributed by atoms with Gasteiger partial charge in [-0.15, -0.1) is 0 Å². The van der Waals surface area contributed by atoms with Gasteiger partial charge in [-0.3, -0.25) is 4.90 Å². The summed E-state index contributed by atoms with van der Waals surface area (Å²) in [7, 11) is 0. The molecule has 5 N–H and O–H groups in total. The average Bonchev–Trinajstić information content (AvgIpc) is 2.20. The van der Waals surface area contributed by atoms with Gasteiger partial charge in [0.05, 0.1) is 19.8 Å². The molecule has 94 valence electrons. The minimum atomic E-state index is 0.0694. The molecule has 0 fully saturated rings. The molecule has 0 aliphatic heterocycles. The van der Waals surface area contributed by atoms with Crippen molar-refractivity contribution in [2.75, 3.05) is 46.0 Å². The number of aliphatic hydroxyl groups is 3. The second kappa shape index (κ2) is 13.8. The number of nitrogens with zero attached hydrogens (tertiary/aromatic N) is 1. The van der Waals surface area contributed by atoms with Crippen LogP contribution in [0, 0.1) is 5.92 Å². The van der Waals surface area contributed by atoms with Crippen LogP contribution in [0.15, 0.2) is 0 Å². The van der Waals surface area contributed by atoms with Gasteiger partial charge >= 0.3 is 0 Å². The highest BCUT2D eigenvalue weighted by atomic mass is 16.3. The van der Waals surface area contributed by atoms with Crippen LogP contribution in [-0.4, -0.2) is 66.2 Å². The fraction of sp³-hybridized carbons (Fsp3) is 1.00. The minimum Gasteiger partial charge on any atom is -0.395 e. The number of aliphatic hydroxyl groups excluding tert-OH is 3. The van der Waals surface area contributed by atoms with Crippen molar-refractivity contribution in [2.45, 2.75) is 13.8 Å². The molecule has 0 radical (unpaired) electrons. The quantitative estimate of drug-likeness (QED) is 0.437. The van der Waals surface area contributed by atoms with Crippen LogP contribution in [-0.2, 0) is 0 Å². The fourth-order valence-electron chi connectivity index (χ4n) is 0.760. The lowest BCUT2D eigenvalue weighted by Crippen LogP contribution is -2.32. The number of hydrogen-bond donors (Lipinski definition) is 4. The molecule has 0 aromatic carbocycles. The molecule has 0 amide bonds. The van der Waals surface area contributed by atoms with Gasteiger partial charge in [0.15, 0.2) is 0 Å². The Morgan fingerprint density at radius 3 is 1.33 bits per heavy atom. The number of nitrogens with two attached hydrogens (primary N) is 1. The Bertz CT molecular complexity index is 98.6. The van der Waals surface area contributed by atoms with Crippen molar-refractivity contribution in [3.05, 3.63) is 0 Å². The second-order valence-corrected chi connectivity index (χ2v) is 3.64. The van der Waals surface area contributed by atoms with E-state index in [2.05, 4.69) is 13.8 Å². The molecule has 0 bridgehead atoms. The molecule has 5 nitrogen and oxygen atoms in total. The van der Waals surface area contributed by atoms with Crippen LogP contribution < -0.4 is 5.73 Å². The Balaban J connectivity index is 0. The summed E-state index contributed by atoms with van der Waals surface area (Å²) >= 11 is 0. The van der Waals surface area contributed by atoms with Crippen molar-refractivity contribution >= 4 is 0 Å². The van der Waals surface area contributed by atoms with E-state index in [1.165, 1.54) is 0 Å². The van der Waals surface area contributed by atoms with E-state index in [9.17, 15) is 0 Å². The highest BCUT2D eigenvalue weighted by Crippen LogP contribution is 1.84. The Kier molecular flexibility index (Phi) is 15.8. The fourth-order valence-corrected chi connectivity index (χ4v) is 0.760. The van der Waals surface area contributed by atoms with Gasteiger partial charge in [-0.1, -0.05) is 13.8 Å². The summed E-state index contributed by atoms with van der Waals surface area (Å²) < 4.78 is 0. The molecular formula is C10H26N2O3. The molecule has 0 aliphatic rings. The lowest BCUT2D eigenvalue weighted by Gasteiger charge is -2.17. The maximum absolute atomic E-state index is 8.48. The first kappa shape index (κ1) is 17.2. The largest absolute Gasteiger partial charge is 0.395 e. The van der Waals surface area contributed by atoms with Crippen LogP contribution in [0.1, 0.15) is 13.8 Å². The summed E-state index contributed by atoms with van der Waals surface area (Å²) in [5.74, 6) is 0.662. The van der Waals surface area contributed by atoms with Crippen molar-refractivity contribution in [1.82, 2.24) is 4.90 Å². The highest BCUT2D eigenvalue weighted by molar-refractivity contribution is 4.54. The predicted octanol–water partition coefficient (Wildman–Crippen LogP) is -1.13. The van der Waals surface area contributed by atoms with E-state index in [-0.39, 0.29) is 19.8 Å². The van der Waals surface area contributed by atoms with E-state index < -0.39 is 0 Å². The summed E-state index contributed by atoms with van der Waals surface area (Å²) in [6.07, 6.45) is 0. The van der Waals surface area contributed by atoms with Crippen molar-refractivity contribution in [2.24, 2.45) is 11.7 Å². The van der Waals surface area contributed by atoms with E-state index in [4.69, 9.17) is 21.1 Å². The number of hydrogen-bond acceptors (Lipinski definition) is 5. The van der Waals surface area contributed by atoms with Gasteiger partial charge < -0.3 is 21.1 Å². The van der Waals surface area contributed by atoms with Crippen LogP contribution in [0.25, 0.3) is 0 Å². The molecule has 0 spiro atoms. The maximum Gasteiger partial charge on any atom is 0.0558 e.